The van der Waals surface area contributed by atoms with Gasteiger partial charge in [-0.25, -0.2) is 0 Å². The lowest BCUT2D eigenvalue weighted by molar-refractivity contribution is -0.0391. The summed E-state index contributed by atoms with van der Waals surface area (Å²) >= 11 is 7.17. The molecule has 0 aliphatic rings. The van der Waals surface area contributed by atoms with Gasteiger partial charge in [0.15, 0.2) is 0 Å². The Labute approximate surface area is 288 Å². The van der Waals surface area contributed by atoms with E-state index < -0.39 is 0 Å². The molecule has 0 aromatic heterocycles. The fraction of sp³-hybridized carbons (Fsp3) is 0.333. The van der Waals surface area contributed by atoms with Gasteiger partial charge in [0.2, 0.25) is 0 Å². The predicted octanol–water partition coefficient (Wildman–Crippen LogP) is 11.8. The molecular formula is C36H40Br2N4O4. The average Bonchev–Trinajstić information content (AvgIpc) is 2.98. The normalized spacial score (nSPS) is 11.8. The molecule has 0 fully saturated rings. The van der Waals surface area contributed by atoms with Crippen molar-refractivity contribution in [1.29, 1.82) is 0 Å². The number of rotatable bonds is 13. The van der Waals surface area contributed by atoms with Crippen molar-refractivity contribution >= 4 is 54.6 Å². The van der Waals surface area contributed by atoms with Gasteiger partial charge in [0.25, 0.3) is 0 Å². The molecule has 0 bridgehead atoms. The smallest absolute Gasteiger partial charge is 0.146 e. The highest BCUT2D eigenvalue weighted by atomic mass is 79.9. The molecule has 0 unspecified atom stereocenters. The van der Waals surface area contributed by atoms with E-state index in [1.165, 1.54) is 11.1 Å². The first kappa shape index (κ1) is 35.7. The third kappa shape index (κ3) is 9.02. The molecule has 4 aromatic carbocycles. The number of aryl methyl sites for hydroxylation is 4. The Bertz CT molecular complexity index is 1640. The summed E-state index contributed by atoms with van der Waals surface area (Å²) in [6.45, 7) is 14.0. The van der Waals surface area contributed by atoms with Gasteiger partial charge in [-0.2, -0.15) is 10.2 Å². The molecule has 0 saturated carbocycles. The SMILES string of the molecule is COCOCc1cc(Br)cc(N=Nc2c(C)cc(C)c(-c3c(C)cc(C)c(N=Nc4cc(Br)cc(COCOC)c4)c3C)c2C)c1. The summed E-state index contributed by atoms with van der Waals surface area (Å²) < 4.78 is 22.9. The second kappa shape index (κ2) is 16.6. The van der Waals surface area contributed by atoms with Crippen molar-refractivity contribution in [2.45, 2.75) is 54.8 Å². The summed E-state index contributed by atoms with van der Waals surface area (Å²) in [6, 6.07) is 16.2. The number of azo groups is 2. The molecule has 0 saturated heterocycles. The zero-order valence-electron chi connectivity index (χ0n) is 27.6. The number of hydrogen-bond acceptors (Lipinski definition) is 8. The van der Waals surface area contributed by atoms with E-state index in [1.807, 2.05) is 36.4 Å². The number of hydrogen-bond donors (Lipinski definition) is 0. The fourth-order valence-electron chi connectivity index (χ4n) is 5.68. The molecule has 0 spiro atoms. The Morgan fingerprint density at radius 2 is 0.891 bits per heavy atom. The molecule has 0 aliphatic heterocycles. The van der Waals surface area contributed by atoms with Crippen LogP contribution in [0.2, 0.25) is 0 Å². The lowest BCUT2D eigenvalue weighted by Crippen LogP contribution is -1.98. The molecule has 10 heteroatoms. The minimum absolute atomic E-state index is 0.227. The van der Waals surface area contributed by atoms with Crippen molar-refractivity contribution in [3.05, 3.63) is 102 Å². The van der Waals surface area contributed by atoms with Gasteiger partial charge in [0, 0.05) is 23.2 Å². The van der Waals surface area contributed by atoms with E-state index in [0.717, 1.165) is 76.2 Å². The molecule has 0 N–H and O–H groups in total. The van der Waals surface area contributed by atoms with E-state index in [1.54, 1.807) is 14.2 Å². The van der Waals surface area contributed by atoms with E-state index in [-0.39, 0.29) is 13.6 Å². The lowest BCUT2D eigenvalue weighted by Gasteiger charge is -2.20. The Kier molecular flexibility index (Phi) is 12.9. The number of nitrogens with zero attached hydrogens (tertiary/aromatic N) is 4. The summed E-state index contributed by atoms with van der Waals surface area (Å²) in [6.07, 6.45) is 0. The molecule has 4 rings (SSSR count). The average molecular weight is 753 g/mol. The predicted molar refractivity (Wildman–Crippen MR) is 190 cm³/mol. The van der Waals surface area contributed by atoms with Crippen molar-refractivity contribution in [1.82, 2.24) is 0 Å². The van der Waals surface area contributed by atoms with Crippen LogP contribution in [-0.2, 0) is 32.2 Å². The van der Waals surface area contributed by atoms with Crippen LogP contribution in [0.5, 0.6) is 0 Å². The molecule has 0 aliphatic carbocycles. The first-order chi connectivity index (χ1) is 22.0. The highest BCUT2D eigenvalue weighted by Crippen LogP contribution is 2.43. The first-order valence-electron chi connectivity index (χ1n) is 14.8. The van der Waals surface area contributed by atoms with Crippen LogP contribution in [0.15, 0.2) is 77.9 Å². The number of benzene rings is 4. The van der Waals surface area contributed by atoms with E-state index in [4.69, 9.17) is 29.2 Å². The first-order valence-corrected chi connectivity index (χ1v) is 16.4. The van der Waals surface area contributed by atoms with Gasteiger partial charge in [-0.1, -0.05) is 44.0 Å². The van der Waals surface area contributed by atoms with E-state index in [0.29, 0.717) is 13.2 Å². The van der Waals surface area contributed by atoms with E-state index in [9.17, 15) is 0 Å². The number of halogens is 2. The molecule has 0 heterocycles. The van der Waals surface area contributed by atoms with Crippen LogP contribution in [0.1, 0.15) is 44.5 Å². The van der Waals surface area contributed by atoms with Crippen LogP contribution in [0.3, 0.4) is 0 Å². The molecule has 4 aromatic rings. The summed E-state index contributed by atoms with van der Waals surface area (Å²) in [7, 11) is 3.21. The highest BCUT2D eigenvalue weighted by molar-refractivity contribution is 9.10. The largest absolute Gasteiger partial charge is 0.359 e. The Morgan fingerprint density at radius 3 is 1.26 bits per heavy atom. The van der Waals surface area contributed by atoms with E-state index >= 15 is 0 Å². The molecule has 0 amide bonds. The maximum absolute atomic E-state index is 5.53. The standard InChI is InChI=1S/C36H40Br2N4O4/c1-21-9-23(3)35(41-39-31-13-27(11-29(37)15-31)17-45-19-43-7)25(5)33(21)34-22(2)10-24(4)36(26(34)6)42-40-32-14-28(12-30(38)16-32)18-46-20-44-8/h9-16H,17-20H2,1-8H3. The highest BCUT2D eigenvalue weighted by Gasteiger charge is 2.19. The summed E-state index contributed by atoms with van der Waals surface area (Å²) in [4.78, 5) is 0. The molecular weight excluding hydrogens is 712 g/mol. The van der Waals surface area contributed by atoms with Gasteiger partial charge in [0.05, 0.1) is 36.0 Å². The maximum Gasteiger partial charge on any atom is 0.146 e. The fourth-order valence-corrected chi connectivity index (χ4v) is 6.73. The Morgan fingerprint density at radius 1 is 0.500 bits per heavy atom. The molecule has 0 atom stereocenters. The van der Waals surface area contributed by atoms with Gasteiger partial charge in [-0.3, -0.25) is 0 Å². The third-order valence-electron chi connectivity index (χ3n) is 7.47. The van der Waals surface area contributed by atoms with Crippen LogP contribution in [0, 0.1) is 41.5 Å². The van der Waals surface area contributed by atoms with E-state index in [2.05, 4.69) is 95.8 Å². The molecule has 8 nitrogen and oxygen atoms in total. The Balaban J connectivity index is 1.73. The van der Waals surface area contributed by atoms with Crippen molar-refractivity contribution in [3.8, 4) is 11.1 Å². The van der Waals surface area contributed by atoms with Gasteiger partial charge < -0.3 is 18.9 Å². The van der Waals surface area contributed by atoms with Crippen molar-refractivity contribution in [3.63, 3.8) is 0 Å². The van der Waals surface area contributed by atoms with Crippen LogP contribution in [-0.4, -0.2) is 27.8 Å². The van der Waals surface area contributed by atoms with Crippen molar-refractivity contribution in [2.75, 3.05) is 27.8 Å². The van der Waals surface area contributed by atoms with Gasteiger partial charge >= 0.3 is 0 Å². The lowest BCUT2D eigenvalue weighted by atomic mass is 9.86. The molecule has 46 heavy (non-hydrogen) atoms. The maximum atomic E-state index is 5.53. The van der Waals surface area contributed by atoms with Crippen molar-refractivity contribution in [2.24, 2.45) is 20.5 Å². The summed E-state index contributed by atoms with van der Waals surface area (Å²) in [5.41, 5.74) is 13.9. The summed E-state index contributed by atoms with van der Waals surface area (Å²) in [5.74, 6) is 0. The van der Waals surface area contributed by atoms with Gasteiger partial charge in [0.1, 0.15) is 13.6 Å². The zero-order chi connectivity index (χ0) is 33.4. The minimum atomic E-state index is 0.227. The van der Waals surface area contributed by atoms with Crippen molar-refractivity contribution < 1.29 is 18.9 Å². The summed E-state index contributed by atoms with van der Waals surface area (Å²) in [5, 5.41) is 18.8. The molecule has 242 valence electrons. The monoisotopic (exact) mass is 750 g/mol. The van der Waals surface area contributed by atoms with Gasteiger partial charge in [-0.15, -0.1) is 10.2 Å². The Hall–Kier alpha value is -3.12. The minimum Gasteiger partial charge on any atom is -0.359 e. The number of methoxy groups -OCH3 is 2. The second-order valence-electron chi connectivity index (χ2n) is 11.3. The van der Waals surface area contributed by atoms with Crippen LogP contribution in [0.4, 0.5) is 22.7 Å². The quantitative estimate of drug-likeness (QED) is 0.0773. The number of ether oxygens (including phenoxy) is 4. The third-order valence-corrected chi connectivity index (χ3v) is 8.38. The van der Waals surface area contributed by atoms with Crippen LogP contribution < -0.4 is 0 Å². The molecule has 0 radical (unpaired) electrons. The second-order valence-corrected chi connectivity index (χ2v) is 13.1. The topological polar surface area (TPSA) is 86.4 Å². The van der Waals surface area contributed by atoms with Crippen LogP contribution >= 0.6 is 31.9 Å². The zero-order valence-corrected chi connectivity index (χ0v) is 30.8. The van der Waals surface area contributed by atoms with Crippen LogP contribution in [0.25, 0.3) is 11.1 Å². The van der Waals surface area contributed by atoms with Gasteiger partial charge in [-0.05, 0) is 134 Å².